The van der Waals surface area contributed by atoms with Crippen molar-refractivity contribution in [3.63, 3.8) is 0 Å². The van der Waals surface area contributed by atoms with Gasteiger partial charge in [-0.05, 0) is 19.3 Å². The van der Waals surface area contributed by atoms with Crippen molar-refractivity contribution in [1.29, 1.82) is 0 Å². The number of hydrogen-bond donors (Lipinski definition) is 0. The second-order valence-corrected chi connectivity index (χ2v) is 5.18. The molecule has 0 aromatic heterocycles. The van der Waals surface area contributed by atoms with Crippen LogP contribution in [0, 0.1) is 5.92 Å². The summed E-state index contributed by atoms with van der Waals surface area (Å²) in [7, 11) is 0. The lowest BCUT2D eigenvalue weighted by molar-refractivity contribution is -0.139. The lowest BCUT2D eigenvalue weighted by atomic mass is 10.1. The van der Waals surface area contributed by atoms with Gasteiger partial charge >= 0.3 is 11.9 Å². The highest BCUT2D eigenvalue weighted by Gasteiger charge is 1.96. The Labute approximate surface area is 140 Å². The van der Waals surface area contributed by atoms with E-state index in [2.05, 4.69) is 31.7 Å². The van der Waals surface area contributed by atoms with Gasteiger partial charge in [0.05, 0.1) is 13.2 Å². The Kier molecular flexibility index (Phi) is 18.9. The fourth-order valence-corrected chi connectivity index (χ4v) is 1.47. The van der Waals surface area contributed by atoms with Crippen LogP contribution in [0.2, 0.25) is 0 Å². The van der Waals surface area contributed by atoms with Gasteiger partial charge in [0.25, 0.3) is 0 Å². The van der Waals surface area contributed by atoms with E-state index in [-0.39, 0.29) is 5.97 Å². The van der Waals surface area contributed by atoms with Crippen LogP contribution in [0.3, 0.4) is 0 Å². The fraction of sp³-hybridized carbons (Fsp3) is 0.667. The third-order valence-corrected chi connectivity index (χ3v) is 2.68. The summed E-state index contributed by atoms with van der Waals surface area (Å²) < 4.78 is 14.4. The summed E-state index contributed by atoms with van der Waals surface area (Å²) in [6.45, 7) is 14.8. The zero-order valence-corrected chi connectivity index (χ0v) is 14.8. The molecular formula is C18H32O5. The number of carbonyl (C=O) groups excluding carboxylic acids is 2. The summed E-state index contributed by atoms with van der Waals surface area (Å²) in [5, 5.41) is 0. The average Bonchev–Trinajstić information content (AvgIpc) is 2.54. The first-order valence-electron chi connectivity index (χ1n) is 8.14. The summed E-state index contributed by atoms with van der Waals surface area (Å²) in [4.78, 5) is 21.0. The molecule has 134 valence electrons. The van der Waals surface area contributed by atoms with Gasteiger partial charge in [0.1, 0.15) is 6.61 Å². The van der Waals surface area contributed by atoms with Gasteiger partial charge in [-0.15, -0.1) is 0 Å². The molecule has 0 aliphatic carbocycles. The number of rotatable bonds is 12. The Morgan fingerprint density at radius 2 is 1.48 bits per heavy atom. The van der Waals surface area contributed by atoms with Crippen LogP contribution in [-0.2, 0) is 23.8 Å². The van der Waals surface area contributed by atoms with E-state index in [0.29, 0.717) is 26.4 Å². The number of carbonyl (C=O) groups is 2. The molecule has 0 spiro atoms. The van der Waals surface area contributed by atoms with Crippen molar-refractivity contribution in [2.45, 2.75) is 46.5 Å². The molecule has 0 aromatic rings. The lowest BCUT2D eigenvalue weighted by Gasteiger charge is -2.04. The Hall–Kier alpha value is -1.62. The van der Waals surface area contributed by atoms with Crippen molar-refractivity contribution in [1.82, 2.24) is 0 Å². The third-order valence-electron chi connectivity index (χ3n) is 2.68. The molecule has 0 saturated carbocycles. The van der Waals surface area contributed by atoms with Crippen molar-refractivity contribution in [2.75, 3.05) is 26.4 Å². The first-order valence-corrected chi connectivity index (χ1v) is 8.14. The van der Waals surface area contributed by atoms with E-state index in [0.717, 1.165) is 24.8 Å². The molecular weight excluding hydrogens is 296 g/mol. The molecule has 0 amide bonds. The van der Waals surface area contributed by atoms with E-state index in [4.69, 9.17) is 9.47 Å². The van der Waals surface area contributed by atoms with Crippen LogP contribution >= 0.6 is 0 Å². The summed E-state index contributed by atoms with van der Waals surface area (Å²) in [6, 6.07) is 0. The van der Waals surface area contributed by atoms with Gasteiger partial charge in [-0.25, -0.2) is 9.59 Å². The molecule has 0 fully saturated rings. The van der Waals surface area contributed by atoms with Crippen LogP contribution < -0.4 is 0 Å². The summed E-state index contributed by atoms with van der Waals surface area (Å²) in [6.07, 6.45) is 6.92. The Morgan fingerprint density at radius 1 is 0.913 bits per heavy atom. The zero-order chi connectivity index (χ0) is 17.9. The van der Waals surface area contributed by atoms with E-state index >= 15 is 0 Å². The monoisotopic (exact) mass is 328 g/mol. The average molecular weight is 328 g/mol. The molecule has 0 unspecified atom stereocenters. The van der Waals surface area contributed by atoms with E-state index < -0.39 is 5.97 Å². The van der Waals surface area contributed by atoms with Crippen molar-refractivity contribution in [3.05, 3.63) is 25.3 Å². The molecule has 5 nitrogen and oxygen atoms in total. The molecule has 0 saturated heterocycles. The minimum atomic E-state index is -0.403. The number of unbranched alkanes of at least 4 members (excludes halogenated alkanes) is 2. The highest BCUT2D eigenvalue weighted by atomic mass is 16.6. The van der Waals surface area contributed by atoms with Crippen LogP contribution in [0.15, 0.2) is 25.3 Å². The number of esters is 2. The third kappa shape index (κ3) is 22.8. The molecule has 0 aliphatic heterocycles. The fourth-order valence-electron chi connectivity index (χ4n) is 1.47. The summed E-state index contributed by atoms with van der Waals surface area (Å²) in [5.41, 5.74) is 0. The van der Waals surface area contributed by atoms with Gasteiger partial charge in [0.2, 0.25) is 0 Å². The Balaban J connectivity index is 0. The van der Waals surface area contributed by atoms with Crippen LogP contribution in [0.25, 0.3) is 0 Å². The largest absolute Gasteiger partial charge is 0.463 e. The van der Waals surface area contributed by atoms with Crippen molar-refractivity contribution >= 4 is 11.9 Å². The quantitative estimate of drug-likeness (QED) is 0.311. The standard InChI is InChI=1S/C11H20O2.C7H12O3/c1-4-11(12)13-9-7-5-6-8-10(2)3;1-3-7(8)10-6-5-9-4-2/h4,10H,1,5-9H2,2-3H3;3H,1,4-6H2,2H3. The van der Waals surface area contributed by atoms with Gasteiger partial charge in [-0.1, -0.05) is 46.3 Å². The van der Waals surface area contributed by atoms with Gasteiger partial charge in [-0.2, -0.15) is 0 Å². The molecule has 0 bridgehead atoms. The number of ether oxygens (including phenoxy) is 3. The smallest absolute Gasteiger partial charge is 0.330 e. The molecule has 5 heteroatoms. The lowest BCUT2D eigenvalue weighted by Crippen LogP contribution is -2.07. The first kappa shape index (κ1) is 23.6. The minimum absolute atomic E-state index is 0.304. The number of hydrogen-bond acceptors (Lipinski definition) is 5. The van der Waals surface area contributed by atoms with Gasteiger partial charge in [0, 0.05) is 18.8 Å². The summed E-state index contributed by atoms with van der Waals surface area (Å²) in [5.74, 6) is 0.0549. The van der Waals surface area contributed by atoms with Crippen molar-refractivity contribution in [3.8, 4) is 0 Å². The van der Waals surface area contributed by atoms with Gasteiger partial charge in [-0.3, -0.25) is 0 Å². The predicted molar refractivity (Wildman–Crippen MR) is 92.1 cm³/mol. The first-order chi connectivity index (χ1) is 11.0. The SMILES string of the molecule is C=CC(=O)OCCCCCC(C)C.C=CC(=O)OCCOCC. The van der Waals surface area contributed by atoms with E-state index in [9.17, 15) is 9.59 Å². The molecule has 23 heavy (non-hydrogen) atoms. The highest BCUT2D eigenvalue weighted by Crippen LogP contribution is 2.07. The van der Waals surface area contributed by atoms with Crippen LogP contribution in [0.5, 0.6) is 0 Å². The van der Waals surface area contributed by atoms with Gasteiger partial charge in [0.15, 0.2) is 0 Å². The van der Waals surface area contributed by atoms with E-state index in [1.807, 2.05) is 6.92 Å². The maximum atomic E-state index is 10.6. The van der Waals surface area contributed by atoms with Crippen LogP contribution in [-0.4, -0.2) is 38.4 Å². The predicted octanol–water partition coefficient (Wildman–Crippen LogP) is 3.68. The van der Waals surface area contributed by atoms with Crippen LogP contribution in [0.1, 0.15) is 46.5 Å². The maximum Gasteiger partial charge on any atom is 0.330 e. The molecule has 0 aliphatic rings. The van der Waals surface area contributed by atoms with Crippen molar-refractivity contribution in [2.24, 2.45) is 5.92 Å². The molecule has 0 atom stereocenters. The molecule has 0 heterocycles. The Bertz CT molecular complexity index is 323. The van der Waals surface area contributed by atoms with Crippen LogP contribution in [0.4, 0.5) is 0 Å². The molecule has 0 N–H and O–H groups in total. The Morgan fingerprint density at radius 3 is 1.96 bits per heavy atom. The molecule has 0 rings (SSSR count). The highest BCUT2D eigenvalue weighted by molar-refractivity contribution is 5.81. The molecule has 0 aromatic carbocycles. The van der Waals surface area contributed by atoms with E-state index in [1.165, 1.54) is 18.9 Å². The minimum Gasteiger partial charge on any atom is -0.463 e. The second-order valence-electron chi connectivity index (χ2n) is 5.18. The van der Waals surface area contributed by atoms with Gasteiger partial charge < -0.3 is 14.2 Å². The van der Waals surface area contributed by atoms with E-state index in [1.54, 1.807) is 0 Å². The normalized spacial score (nSPS) is 9.57. The topological polar surface area (TPSA) is 61.8 Å². The van der Waals surface area contributed by atoms with Crippen molar-refractivity contribution < 1.29 is 23.8 Å². The zero-order valence-electron chi connectivity index (χ0n) is 14.8. The second kappa shape index (κ2) is 18.4. The summed E-state index contributed by atoms with van der Waals surface area (Å²) >= 11 is 0. The maximum absolute atomic E-state index is 10.6. The molecule has 0 radical (unpaired) electrons.